The molecule has 1 amide bonds. The molecule has 0 aliphatic carbocycles. The zero-order valence-corrected chi connectivity index (χ0v) is 15.0. The van der Waals surface area contributed by atoms with Crippen LogP contribution in [0.2, 0.25) is 5.02 Å². The van der Waals surface area contributed by atoms with E-state index in [1.54, 1.807) is 48.5 Å². The fourth-order valence-electron chi connectivity index (χ4n) is 2.22. The SMILES string of the molecule is CCCOc1ccc(C(=O)NCc2nc(-c3ccc(Cl)cc3)no2)cc1. The molecule has 7 heteroatoms. The highest BCUT2D eigenvalue weighted by Crippen LogP contribution is 2.18. The maximum atomic E-state index is 12.2. The van der Waals surface area contributed by atoms with Crippen molar-refractivity contribution in [2.24, 2.45) is 0 Å². The van der Waals surface area contributed by atoms with Crippen molar-refractivity contribution in [3.05, 3.63) is 65.0 Å². The van der Waals surface area contributed by atoms with Gasteiger partial charge in [-0.2, -0.15) is 4.98 Å². The van der Waals surface area contributed by atoms with Crippen LogP contribution in [0, 0.1) is 0 Å². The molecule has 0 saturated heterocycles. The van der Waals surface area contributed by atoms with Gasteiger partial charge in [0, 0.05) is 16.1 Å². The van der Waals surface area contributed by atoms with E-state index in [1.165, 1.54) is 0 Å². The second-order valence-corrected chi connectivity index (χ2v) is 6.01. The van der Waals surface area contributed by atoms with Gasteiger partial charge in [0.15, 0.2) is 0 Å². The summed E-state index contributed by atoms with van der Waals surface area (Å²) in [5.74, 6) is 1.29. The van der Waals surface area contributed by atoms with Crippen molar-refractivity contribution in [1.82, 2.24) is 15.5 Å². The van der Waals surface area contributed by atoms with Gasteiger partial charge in [-0.1, -0.05) is 23.7 Å². The molecular weight excluding hydrogens is 354 g/mol. The minimum atomic E-state index is -0.224. The summed E-state index contributed by atoms with van der Waals surface area (Å²) in [5, 5.41) is 7.30. The fourth-order valence-corrected chi connectivity index (χ4v) is 2.35. The molecule has 0 unspecified atom stereocenters. The number of hydrogen-bond donors (Lipinski definition) is 1. The van der Waals surface area contributed by atoms with Gasteiger partial charge in [-0.05, 0) is 55.0 Å². The summed E-state index contributed by atoms with van der Waals surface area (Å²) in [6.07, 6.45) is 0.935. The molecule has 6 nitrogen and oxygen atoms in total. The quantitative estimate of drug-likeness (QED) is 0.676. The molecular formula is C19H18ClN3O3. The molecule has 0 fully saturated rings. The van der Waals surface area contributed by atoms with E-state index in [-0.39, 0.29) is 12.5 Å². The first kappa shape index (κ1) is 17.9. The van der Waals surface area contributed by atoms with Crippen LogP contribution >= 0.6 is 11.6 Å². The molecule has 0 spiro atoms. The maximum Gasteiger partial charge on any atom is 0.251 e. The summed E-state index contributed by atoms with van der Waals surface area (Å²) in [7, 11) is 0. The molecule has 3 aromatic rings. The van der Waals surface area contributed by atoms with Crippen molar-refractivity contribution in [2.75, 3.05) is 6.61 Å². The Morgan fingerprint density at radius 3 is 2.58 bits per heavy atom. The van der Waals surface area contributed by atoms with Gasteiger partial charge in [-0.25, -0.2) is 0 Å². The van der Waals surface area contributed by atoms with Crippen molar-refractivity contribution in [3.8, 4) is 17.1 Å². The molecule has 0 aliphatic rings. The number of nitrogens with zero attached hydrogens (tertiary/aromatic N) is 2. The molecule has 3 rings (SSSR count). The van der Waals surface area contributed by atoms with Crippen molar-refractivity contribution >= 4 is 17.5 Å². The highest BCUT2D eigenvalue weighted by atomic mass is 35.5. The first-order valence-corrected chi connectivity index (χ1v) is 8.63. The number of nitrogens with one attached hydrogen (secondary N) is 1. The summed E-state index contributed by atoms with van der Waals surface area (Å²) in [6, 6.07) is 14.1. The monoisotopic (exact) mass is 371 g/mol. The van der Waals surface area contributed by atoms with Crippen LogP contribution in [-0.2, 0) is 6.54 Å². The molecule has 0 radical (unpaired) electrons. The Balaban J connectivity index is 1.57. The van der Waals surface area contributed by atoms with Gasteiger partial charge in [0.25, 0.3) is 5.91 Å². The van der Waals surface area contributed by atoms with Gasteiger partial charge in [-0.15, -0.1) is 0 Å². The maximum absolute atomic E-state index is 12.2. The van der Waals surface area contributed by atoms with E-state index in [1.807, 2.05) is 6.92 Å². The Hall–Kier alpha value is -2.86. The molecule has 1 heterocycles. The minimum Gasteiger partial charge on any atom is -0.494 e. The van der Waals surface area contributed by atoms with Gasteiger partial charge in [0.05, 0.1) is 13.2 Å². The third kappa shape index (κ3) is 4.61. The van der Waals surface area contributed by atoms with E-state index < -0.39 is 0 Å². The predicted molar refractivity (Wildman–Crippen MR) is 98.1 cm³/mol. The van der Waals surface area contributed by atoms with Crippen molar-refractivity contribution < 1.29 is 14.1 Å². The predicted octanol–water partition coefficient (Wildman–Crippen LogP) is 4.11. The number of carbonyl (C=O) groups is 1. The van der Waals surface area contributed by atoms with Crippen LogP contribution in [0.3, 0.4) is 0 Å². The molecule has 134 valence electrons. The van der Waals surface area contributed by atoms with E-state index in [0.29, 0.717) is 28.9 Å². The summed E-state index contributed by atoms with van der Waals surface area (Å²) < 4.78 is 10.7. The average Bonchev–Trinajstić information content (AvgIpc) is 3.14. The highest BCUT2D eigenvalue weighted by molar-refractivity contribution is 6.30. The zero-order valence-electron chi connectivity index (χ0n) is 14.2. The van der Waals surface area contributed by atoms with E-state index >= 15 is 0 Å². The Morgan fingerprint density at radius 1 is 1.15 bits per heavy atom. The van der Waals surface area contributed by atoms with Crippen LogP contribution in [-0.4, -0.2) is 22.7 Å². The van der Waals surface area contributed by atoms with Gasteiger partial charge in [0.2, 0.25) is 11.7 Å². The van der Waals surface area contributed by atoms with E-state index in [4.69, 9.17) is 20.9 Å². The zero-order chi connectivity index (χ0) is 18.4. The molecule has 1 aromatic heterocycles. The number of halogens is 1. The van der Waals surface area contributed by atoms with E-state index in [2.05, 4.69) is 15.5 Å². The first-order chi connectivity index (χ1) is 12.7. The third-order valence-electron chi connectivity index (χ3n) is 3.56. The second kappa shape index (κ2) is 8.49. The van der Waals surface area contributed by atoms with Crippen LogP contribution in [0.5, 0.6) is 5.75 Å². The number of carbonyl (C=O) groups excluding carboxylic acids is 1. The van der Waals surface area contributed by atoms with Crippen LogP contribution < -0.4 is 10.1 Å². The number of ether oxygens (including phenoxy) is 1. The highest BCUT2D eigenvalue weighted by Gasteiger charge is 2.11. The normalized spacial score (nSPS) is 10.5. The van der Waals surface area contributed by atoms with Crippen LogP contribution in [0.4, 0.5) is 0 Å². The van der Waals surface area contributed by atoms with E-state index in [0.717, 1.165) is 17.7 Å². The number of hydrogen-bond acceptors (Lipinski definition) is 5. The average molecular weight is 372 g/mol. The molecule has 0 aliphatic heterocycles. The Morgan fingerprint density at radius 2 is 1.88 bits per heavy atom. The lowest BCUT2D eigenvalue weighted by molar-refractivity contribution is 0.0946. The van der Waals surface area contributed by atoms with Crippen molar-refractivity contribution in [2.45, 2.75) is 19.9 Å². The lowest BCUT2D eigenvalue weighted by Crippen LogP contribution is -2.22. The third-order valence-corrected chi connectivity index (χ3v) is 3.81. The van der Waals surface area contributed by atoms with Crippen LogP contribution in [0.15, 0.2) is 53.1 Å². The minimum absolute atomic E-state index is 0.146. The number of aromatic nitrogens is 2. The fraction of sp³-hybridized carbons (Fsp3) is 0.211. The topological polar surface area (TPSA) is 77.2 Å². The molecule has 2 aromatic carbocycles. The summed E-state index contributed by atoms with van der Waals surface area (Å²) in [6.45, 7) is 2.84. The standard InChI is InChI=1S/C19H18ClN3O3/c1-2-11-25-16-9-5-14(6-10-16)19(24)21-12-17-22-18(23-26-17)13-3-7-15(20)8-4-13/h3-10H,2,11-12H2,1H3,(H,21,24). The molecule has 0 bridgehead atoms. The first-order valence-electron chi connectivity index (χ1n) is 8.25. The smallest absolute Gasteiger partial charge is 0.251 e. The van der Waals surface area contributed by atoms with Gasteiger partial charge < -0.3 is 14.6 Å². The van der Waals surface area contributed by atoms with Crippen molar-refractivity contribution in [3.63, 3.8) is 0 Å². The summed E-state index contributed by atoms with van der Waals surface area (Å²) in [5.41, 5.74) is 1.32. The summed E-state index contributed by atoms with van der Waals surface area (Å²) in [4.78, 5) is 16.5. The Kier molecular flexibility index (Phi) is 5.86. The number of rotatable bonds is 7. The van der Waals surface area contributed by atoms with Gasteiger partial charge in [0.1, 0.15) is 5.75 Å². The Bertz CT molecular complexity index is 860. The summed E-state index contributed by atoms with van der Waals surface area (Å²) >= 11 is 5.86. The lowest BCUT2D eigenvalue weighted by Gasteiger charge is -2.06. The number of benzene rings is 2. The van der Waals surface area contributed by atoms with Crippen molar-refractivity contribution in [1.29, 1.82) is 0 Å². The lowest BCUT2D eigenvalue weighted by atomic mass is 10.2. The molecule has 1 N–H and O–H groups in total. The number of amides is 1. The van der Waals surface area contributed by atoms with E-state index in [9.17, 15) is 4.79 Å². The largest absolute Gasteiger partial charge is 0.494 e. The van der Waals surface area contributed by atoms with Gasteiger partial charge >= 0.3 is 0 Å². The second-order valence-electron chi connectivity index (χ2n) is 5.57. The molecule has 0 atom stereocenters. The Labute approximate surface area is 156 Å². The van der Waals surface area contributed by atoms with Crippen LogP contribution in [0.25, 0.3) is 11.4 Å². The van der Waals surface area contributed by atoms with Crippen LogP contribution in [0.1, 0.15) is 29.6 Å². The van der Waals surface area contributed by atoms with Gasteiger partial charge in [-0.3, -0.25) is 4.79 Å². The molecule has 26 heavy (non-hydrogen) atoms. The molecule has 0 saturated carbocycles.